The predicted molar refractivity (Wildman–Crippen MR) is 112 cm³/mol. The summed E-state index contributed by atoms with van der Waals surface area (Å²) in [5.41, 5.74) is -4.52. The predicted octanol–water partition coefficient (Wildman–Crippen LogP) is 3.07. The highest BCUT2D eigenvalue weighted by atomic mass is 32.2. The number of carbonyl (C=O) groups is 2. The maximum Gasteiger partial charge on any atom is 0.417 e. The zero-order valence-electron chi connectivity index (χ0n) is 19.3. The van der Waals surface area contributed by atoms with Crippen molar-refractivity contribution in [3.8, 4) is 5.69 Å². The number of carboxylic acids is 1. The Balaban J connectivity index is 1.74. The average molecular weight is 554 g/mol. The summed E-state index contributed by atoms with van der Waals surface area (Å²) in [6.45, 7) is 1.99. The number of aliphatic carboxylic acids is 1. The smallest absolute Gasteiger partial charge is 0.417 e. The van der Waals surface area contributed by atoms with E-state index in [0.29, 0.717) is 17.0 Å². The van der Waals surface area contributed by atoms with Crippen molar-refractivity contribution in [2.24, 2.45) is 5.41 Å². The van der Waals surface area contributed by atoms with E-state index in [0.717, 1.165) is 10.7 Å². The molecule has 1 saturated heterocycles. The summed E-state index contributed by atoms with van der Waals surface area (Å²) in [6.07, 6.45) is -12.2. The van der Waals surface area contributed by atoms with Gasteiger partial charge in [0, 0.05) is 6.54 Å². The molecule has 0 spiro atoms. The van der Waals surface area contributed by atoms with Crippen molar-refractivity contribution in [2.45, 2.75) is 61.6 Å². The quantitative estimate of drug-likeness (QED) is 0.564. The summed E-state index contributed by atoms with van der Waals surface area (Å²) in [5.74, 6) is -2.86. The number of carbonyl (C=O) groups excluding carboxylic acids is 1. The van der Waals surface area contributed by atoms with Crippen LogP contribution in [0.5, 0.6) is 0 Å². The number of alkyl halides is 6. The van der Waals surface area contributed by atoms with E-state index in [4.69, 9.17) is 0 Å². The minimum Gasteiger partial charge on any atom is -0.480 e. The lowest BCUT2D eigenvalue weighted by Crippen LogP contribution is -2.48. The number of amides is 1. The molecule has 2 heterocycles. The van der Waals surface area contributed by atoms with Gasteiger partial charge in [-0.05, 0) is 51.3 Å². The van der Waals surface area contributed by atoms with Crippen molar-refractivity contribution >= 4 is 21.7 Å². The maximum absolute atomic E-state index is 14.0. The number of sulfone groups is 1. The lowest BCUT2D eigenvalue weighted by atomic mass is 10.0. The fourth-order valence-corrected chi connectivity index (χ4v) is 6.45. The highest BCUT2D eigenvalue weighted by Gasteiger charge is 2.70. The molecule has 2 aromatic rings. The number of hydrogen-bond donors (Lipinski definition) is 1. The van der Waals surface area contributed by atoms with Crippen LogP contribution >= 0.6 is 0 Å². The maximum atomic E-state index is 14.0. The summed E-state index contributed by atoms with van der Waals surface area (Å²) < 4.78 is 110. The summed E-state index contributed by atoms with van der Waals surface area (Å²) in [5, 5.41) is 11.6. The first-order chi connectivity index (χ1) is 16.9. The lowest BCUT2D eigenvalue weighted by Gasteiger charge is -2.28. The molecule has 4 rings (SSSR count). The first kappa shape index (κ1) is 26.9. The van der Waals surface area contributed by atoms with Crippen LogP contribution in [0.3, 0.4) is 0 Å². The molecule has 1 amide bonds. The van der Waals surface area contributed by atoms with Gasteiger partial charge in [-0.25, -0.2) is 22.9 Å². The second-order valence-electron chi connectivity index (χ2n) is 9.09. The van der Waals surface area contributed by atoms with Crippen molar-refractivity contribution in [3.63, 3.8) is 0 Å². The van der Waals surface area contributed by atoms with Crippen LogP contribution in [-0.4, -0.2) is 69.1 Å². The van der Waals surface area contributed by atoms with Gasteiger partial charge in [0.15, 0.2) is 9.84 Å². The van der Waals surface area contributed by atoms with Crippen LogP contribution in [0.2, 0.25) is 0 Å². The Hall–Kier alpha value is -3.17. The number of halogens is 6. The van der Waals surface area contributed by atoms with Crippen LogP contribution in [0.4, 0.5) is 26.3 Å². The lowest BCUT2D eigenvalue weighted by molar-refractivity contribution is -0.199. The van der Waals surface area contributed by atoms with Gasteiger partial charge in [0.25, 0.3) is 0 Å². The van der Waals surface area contributed by atoms with Crippen LogP contribution in [0.25, 0.3) is 5.69 Å². The van der Waals surface area contributed by atoms with E-state index in [-0.39, 0.29) is 17.3 Å². The van der Waals surface area contributed by atoms with Crippen LogP contribution in [-0.2, 0) is 25.6 Å². The second kappa shape index (κ2) is 8.43. The Morgan fingerprint density at radius 3 is 2.19 bits per heavy atom. The van der Waals surface area contributed by atoms with Crippen LogP contribution in [0.15, 0.2) is 23.1 Å². The Kier molecular flexibility index (Phi) is 6.12. The van der Waals surface area contributed by atoms with E-state index in [1.54, 1.807) is 0 Å². The van der Waals surface area contributed by atoms with Crippen molar-refractivity contribution in [3.05, 3.63) is 35.4 Å². The van der Waals surface area contributed by atoms with Gasteiger partial charge in [-0.2, -0.15) is 31.4 Å². The third-order valence-electron chi connectivity index (χ3n) is 6.64. The molecule has 16 heteroatoms. The molecule has 0 unspecified atom stereocenters. The topological polar surface area (TPSA) is 122 Å². The molecule has 1 saturated carbocycles. The Morgan fingerprint density at radius 2 is 1.73 bits per heavy atom. The zero-order chi connectivity index (χ0) is 27.7. The Bertz CT molecular complexity index is 1380. The minimum absolute atomic E-state index is 0.142. The van der Waals surface area contributed by atoms with Gasteiger partial charge in [-0.15, -0.1) is 0 Å². The molecule has 1 aliphatic carbocycles. The Morgan fingerprint density at radius 1 is 1.11 bits per heavy atom. The number of aryl methyl sites for hydroxylation is 2. The van der Waals surface area contributed by atoms with E-state index in [9.17, 15) is 49.5 Å². The standard InChI is InChI=1S/C21H20F6N4O5S/c1-10-28-11(2)31(29-10)12-3-4-16(14(7-12)20(22,23)24)37(35,36)13-8-15(17(32)33)30(9-13)18(34)19(5-6-19)21(25,26)27/h3-4,7,13,15H,5-6,8-9H2,1-2H3,(H,32,33)/t13-,15+/m1/s1. The van der Waals surface area contributed by atoms with E-state index < -0.39 is 87.0 Å². The molecular formula is C21H20F6N4O5S. The number of hydrogen-bond acceptors (Lipinski definition) is 6. The van der Waals surface area contributed by atoms with Gasteiger partial charge in [0.1, 0.15) is 23.1 Å². The molecule has 1 aliphatic heterocycles. The molecule has 9 nitrogen and oxygen atoms in total. The molecule has 1 aromatic heterocycles. The van der Waals surface area contributed by atoms with Crippen molar-refractivity contribution < 1.29 is 49.5 Å². The number of carboxylic acid groups (broad SMARTS) is 1. The number of rotatable bonds is 5. The van der Waals surface area contributed by atoms with E-state index in [1.165, 1.54) is 13.8 Å². The fraction of sp³-hybridized carbons (Fsp3) is 0.524. The fourth-order valence-electron chi connectivity index (χ4n) is 4.56. The van der Waals surface area contributed by atoms with Crippen molar-refractivity contribution in [1.82, 2.24) is 19.7 Å². The van der Waals surface area contributed by atoms with Gasteiger partial charge >= 0.3 is 18.3 Å². The number of aromatic nitrogens is 3. The number of benzene rings is 1. The van der Waals surface area contributed by atoms with Gasteiger partial charge in [-0.1, -0.05) is 0 Å². The third kappa shape index (κ3) is 4.44. The molecule has 37 heavy (non-hydrogen) atoms. The first-order valence-electron chi connectivity index (χ1n) is 10.9. The van der Waals surface area contributed by atoms with Crippen LogP contribution < -0.4 is 0 Å². The number of nitrogens with zero attached hydrogens (tertiary/aromatic N) is 4. The van der Waals surface area contributed by atoms with Crippen molar-refractivity contribution in [1.29, 1.82) is 0 Å². The van der Waals surface area contributed by atoms with Gasteiger partial charge < -0.3 is 10.0 Å². The molecule has 2 atom stereocenters. The summed E-state index contributed by atoms with van der Waals surface area (Å²) in [7, 11) is -4.95. The van der Waals surface area contributed by atoms with E-state index >= 15 is 0 Å². The third-order valence-corrected chi connectivity index (χ3v) is 8.83. The normalized spacial score (nSPS) is 21.8. The SMILES string of the molecule is Cc1nc(C)n(-c2ccc(S(=O)(=O)[C@@H]3C[C@@H](C(=O)O)N(C(=O)C4(C(F)(F)F)CC4)C3)c(C(F)(F)F)c2)n1. The molecule has 0 bridgehead atoms. The molecule has 2 fully saturated rings. The zero-order valence-corrected chi connectivity index (χ0v) is 20.1. The molecule has 1 N–H and O–H groups in total. The Labute approximate surface area is 206 Å². The van der Waals surface area contributed by atoms with Gasteiger partial charge in [0.2, 0.25) is 5.91 Å². The highest BCUT2D eigenvalue weighted by Crippen LogP contribution is 2.59. The highest BCUT2D eigenvalue weighted by molar-refractivity contribution is 7.92. The van der Waals surface area contributed by atoms with E-state index in [2.05, 4.69) is 10.1 Å². The minimum atomic E-state index is -5.17. The average Bonchev–Trinajstić information content (AvgIpc) is 3.36. The van der Waals surface area contributed by atoms with Crippen LogP contribution in [0, 0.1) is 19.3 Å². The summed E-state index contributed by atoms with van der Waals surface area (Å²) in [4.78, 5) is 27.5. The summed E-state index contributed by atoms with van der Waals surface area (Å²) >= 11 is 0. The largest absolute Gasteiger partial charge is 0.480 e. The van der Waals surface area contributed by atoms with Crippen molar-refractivity contribution in [2.75, 3.05) is 6.54 Å². The monoisotopic (exact) mass is 554 g/mol. The number of likely N-dealkylation sites (tertiary alicyclic amines) is 1. The second-order valence-corrected chi connectivity index (χ2v) is 11.3. The summed E-state index contributed by atoms with van der Waals surface area (Å²) in [6, 6.07) is 0.339. The van der Waals surface area contributed by atoms with Gasteiger partial charge in [0.05, 0.1) is 21.4 Å². The van der Waals surface area contributed by atoms with E-state index in [1.807, 2.05) is 0 Å². The molecular weight excluding hydrogens is 534 g/mol. The molecule has 2 aliphatic rings. The molecule has 1 aromatic carbocycles. The van der Waals surface area contributed by atoms with Crippen LogP contribution in [0.1, 0.15) is 36.5 Å². The molecule has 202 valence electrons. The van der Waals surface area contributed by atoms with Gasteiger partial charge in [-0.3, -0.25) is 4.79 Å². The molecule has 0 radical (unpaired) electrons. The first-order valence-corrected chi connectivity index (χ1v) is 12.4.